The van der Waals surface area contributed by atoms with Crippen LogP contribution in [0.25, 0.3) is 22.2 Å². The standard InChI is InChI=1S/C19H11F2N3OS/c20-11-5-6-15(21)14(9-11)17-10-26-19(23-17)24-18(25)13-7-8-22-16-4-2-1-3-12(13)16/h1-10H,(H,23,24,25). The van der Waals surface area contributed by atoms with Crippen LogP contribution >= 0.6 is 11.3 Å². The first-order valence-corrected chi connectivity index (χ1v) is 8.56. The van der Waals surface area contributed by atoms with E-state index in [1.165, 1.54) is 0 Å². The molecular weight excluding hydrogens is 356 g/mol. The average Bonchev–Trinajstić information content (AvgIpc) is 3.11. The molecule has 0 saturated heterocycles. The SMILES string of the molecule is O=C(Nc1nc(-c2cc(F)ccc2F)cs1)c1ccnc2ccccc12. The van der Waals surface area contributed by atoms with Crippen LogP contribution in [0.4, 0.5) is 13.9 Å². The van der Waals surface area contributed by atoms with Crippen LogP contribution in [0.5, 0.6) is 0 Å². The maximum absolute atomic E-state index is 13.9. The number of thiazole rings is 1. The molecule has 1 amide bonds. The van der Waals surface area contributed by atoms with Gasteiger partial charge in [0.2, 0.25) is 0 Å². The number of benzene rings is 2. The molecule has 2 aromatic carbocycles. The number of nitrogens with one attached hydrogen (secondary N) is 1. The Labute approximate surface area is 151 Å². The highest BCUT2D eigenvalue weighted by molar-refractivity contribution is 7.14. The molecule has 7 heteroatoms. The van der Waals surface area contributed by atoms with Gasteiger partial charge in [-0.2, -0.15) is 0 Å². The topological polar surface area (TPSA) is 54.9 Å². The Morgan fingerprint density at radius 3 is 2.81 bits per heavy atom. The number of rotatable bonds is 3. The number of hydrogen-bond acceptors (Lipinski definition) is 4. The lowest BCUT2D eigenvalue weighted by Crippen LogP contribution is -2.12. The summed E-state index contributed by atoms with van der Waals surface area (Å²) in [6, 6.07) is 12.1. The first-order valence-electron chi connectivity index (χ1n) is 7.68. The predicted molar refractivity (Wildman–Crippen MR) is 97.2 cm³/mol. The third-order valence-corrected chi connectivity index (χ3v) is 4.58. The predicted octanol–water partition coefficient (Wildman–Crippen LogP) is 4.89. The Bertz CT molecular complexity index is 1120. The molecule has 0 atom stereocenters. The summed E-state index contributed by atoms with van der Waals surface area (Å²) in [7, 11) is 0. The summed E-state index contributed by atoms with van der Waals surface area (Å²) in [5.41, 5.74) is 1.49. The number of amides is 1. The molecule has 0 fully saturated rings. The molecule has 128 valence electrons. The second-order valence-corrected chi connectivity index (χ2v) is 6.35. The monoisotopic (exact) mass is 367 g/mol. The molecule has 0 saturated carbocycles. The summed E-state index contributed by atoms with van der Waals surface area (Å²) in [6.07, 6.45) is 1.56. The van der Waals surface area contributed by atoms with E-state index in [-0.39, 0.29) is 17.2 Å². The van der Waals surface area contributed by atoms with E-state index in [9.17, 15) is 13.6 Å². The van der Waals surface area contributed by atoms with Crippen molar-refractivity contribution < 1.29 is 13.6 Å². The molecular formula is C19H11F2N3OS. The van der Waals surface area contributed by atoms with Crippen molar-refractivity contribution >= 4 is 33.3 Å². The summed E-state index contributed by atoms with van der Waals surface area (Å²) >= 11 is 1.14. The van der Waals surface area contributed by atoms with E-state index in [0.717, 1.165) is 34.9 Å². The molecule has 2 aromatic heterocycles. The van der Waals surface area contributed by atoms with Gasteiger partial charge < -0.3 is 0 Å². The van der Waals surface area contributed by atoms with E-state index in [0.29, 0.717) is 16.2 Å². The lowest BCUT2D eigenvalue weighted by Gasteiger charge is -2.05. The van der Waals surface area contributed by atoms with E-state index in [1.54, 1.807) is 17.6 Å². The van der Waals surface area contributed by atoms with Crippen molar-refractivity contribution in [3.8, 4) is 11.3 Å². The van der Waals surface area contributed by atoms with Crippen LogP contribution in [0.3, 0.4) is 0 Å². The van der Waals surface area contributed by atoms with E-state index >= 15 is 0 Å². The fourth-order valence-corrected chi connectivity index (χ4v) is 3.31. The van der Waals surface area contributed by atoms with Crippen molar-refractivity contribution in [2.75, 3.05) is 5.32 Å². The Kier molecular flexibility index (Phi) is 4.14. The molecule has 4 aromatic rings. The van der Waals surface area contributed by atoms with Gasteiger partial charge in [-0.1, -0.05) is 18.2 Å². The first kappa shape index (κ1) is 16.3. The minimum atomic E-state index is -0.574. The number of para-hydroxylation sites is 1. The summed E-state index contributed by atoms with van der Waals surface area (Å²) in [4.78, 5) is 21.0. The van der Waals surface area contributed by atoms with Crippen LogP contribution in [0.1, 0.15) is 10.4 Å². The quantitative estimate of drug-likeness (QED) is 0.561. The number of anilines is 1. The van der Waals surface area contributed by atoms with Crippen LogP contribution in [-0.4, -0.2) is 15.9 Å². The number of aromatic nitrogens is 2. The first-order chi connectivity index (χ1) is 12.6. The fourth-order valence-electron chi connectivity index (χ4n) is 2.61. The maximum atomic E-state index is 13.9. The second-order valence-electron chi connectivity index (χ2n) is 5.49. The van der Waals surface area contributed by atoms with Gasteiger partial charge in [0.25, 0.3) is 5.91 Å². The average molecular weight is 367 g/mol. The molecule has 26 heavy (non-hydrogen) atoms. The maximum Gasteiger partial charge on any atom is 0.258 e. The Hall–Kier alpha value is -3.19. The molecule has 1 N–H and O–H groups in total. The Morgan fingerprint density at radius 1 is 1.08 bits per heavy atom. The number of pyridine rings is 1. The van der Waals surface area contributed by atoms with Gasteiger partial charge in [-0.05, 0) is 30.3 Å². The number of halogens is 2. The van der Waals surface area contributed by atoms with Gasteiger partial charge in [0.1, 0.15) is 11.6 Å². The van der Waals surface area contributed by atoms with Gasteiger partial charge in [-0.15, -0.1) is 11.3 Å². The Balaban J connectivity index is 1.63. The van der Waals surface area contributed by atoms with Gasteiger partial charge >= 0.3 is 0 Å². The van der Waals surface area contributed by atoms with Crippen LogP contribution < -0.4 is 5.32 Å². The molecule has 0 aliphatic heterocycles. The van der Waals surface area contributed by atoms with Gasteiger partial charge in [0.15, 0.2) is 5.13 Å². The largest absolute Gasteiger partial charge is 0.298 e. The molecule has 0 spiro atoms. The van der Waals surface area contributed by atoms with Crippen molar-refractivity contribution in [2.24, 2.45) is 0 Å². The zero-order valence-corrected chi connectivity index (χ0v) is 14.1. The minimum Gasteiger partial charge on any atom is -0.298 e. The molecule has 0 aliphatic rings. The highest BCUT2D eigenvalue weighted by Crippen LogP contribution is 2.28. The molecule has 2 heterocycles. The summed E-state index contributed by atoms with van der Waals surface area (Å²) in [5.74, 6) is -1.47. The summed E-state index contributed by atoms with van der Waals surface area (Å²) < 4.78 is 27.2. The van der Waals surface area contributed by atoms with Gasteiger partial charge in [0.05, 0.1) is 16.8 Å². The molecule has 4 rings (SSSR count). The van der Waals surface area contributed by atoms with E-state index in [2.05, 4.69) is 15.3 Å². The normalized spacial score (nSPS) is 10.8. The van der Waals surface area contributed by atoms with Crippen molar-refractivity contribution in [1.29, 1.82) is 0 Å². The van der Waals surface area contributed by atoms with Gasteiger partial charge in [-0.3, -0.25) is 15.1 Å². The zero-order valence-electron chi connectivity index (χ0n) is 13.2. The van der Waals surface area contributed by atoms with E-state index in [4.69, 9.17) is 0 Å². The number of hydrogen-bond donors (Lipinski definition) is 1. The minimum absolute atomic E-state index is 0.0520. The fraction of sp³-hybridized carbons (Fsp3) is 0. The third kappa shape index (κ3) is 3.04. The number of fused-ring (bicyclic) bond motifs is 1. The van der Waals surface area contributed by atoms with Crippen molar-refractivity contribution in [1.82, 2.24) is 9.97 Å². The van der Waals surface area contributed by atoms with Crippen molar-refractivity contribution in [3.05, 3.63) is 77.3 Å². The summed E-state index contributed by atoms with van der Waals surface area (Å²) in [6.45, 7) is 0. The van der Waals surface area contributed by atoms with Crippen LogP contribution in [-0.2, 0) is 0 Å². The zero-order chi connectivity index (χ0) is 18.1. The highest BCUT2D eigenvalue weighted by Gasteiger charge is 2.15. The van der Waals surface area contributed by atoms with Crippen molar-refractivity contribution in [2.45, 2.75) is 0 Å². The number of carbonyl (C=O) groups excluding carboxylic acids is 1. The smallest absolute Gasteiger partial charge is 0.258 e. The number of carbonyl (C=O) groups is 1. The van der Waals surface area contributed by atoms with E-state index < -0.39 is 11.6 Å². The third-order valence-electron chi connectivity index (χ3n) is 3.82. The van der Waals surface area contributed by atoms with Gasteiger partial charge in [-0.25, -0.2) is 13.8 Å². The van der Waals surface area contributed by atoms with Crippen LogP contribution in [0.15, 0.2) is 60.1 Å². The summed E-state index contributed by atoms with van der Waals surface area (Å²) in [5, 5.41) is 5.29. The van der Waals surface area contributed by atoms with E-state index in [1.807, 2.05) is 24.3 Å². The molecule has 0 unspecified atom stereocenters. The highest BCUT2D eigenvalue weighted by atomic mass is 32.1. The molecule has 0 radical (unpaired) electrons. The second kappa shape index (κ2) is 6.61. The lowest BCUT2D eigenvalue weighted by atomic mass is 10.1. The van der Waals surface area contributed by atoms with Crippen LogP contribution in [0.2, 0.25) is 0 Å². The molecule has 0 bridgehead atoms. The molecule has 0 aliphatic carbocycles. The number of nitrogens with zero attached hydrogens (tertiary/aromatic N) is 2. The lowest BCUT2D eigenvalue weighted by molar-refractivity contribution is 0.102. The van der Waals surface area contributed by atoms with Gasteiger partial charge in [0, 0.05) is 22.5 Å². The molecule has 4 nitrogen and oxygen atoms in total. The van der Waals surface area contributed by atoms with Crippen LogP contribution in [0, 0.1) is 11.6 Å². The van der Waals surface area contributed by atoms with Crippen molar-refractivity contribution in [3.63, 3.8) is 0 Å². The Morgan fingerprint density at radius 2 is 1.92 bits per heavy atom.